The number of nitrogens with one attached hydrogen (secondary N) is 2. The SMILES string of the molecule is CC(=O)N(N)NC(=O)c1c[nH]/c(=N\c2ccc(Oc3ccon3)cc2)n(Cc2ccc(Cl)cc2)c1=O. The molecule has 12 nitrogen and oxygen atoms in total. The molecule has 0 spiro atoms. The summed E-state index contributed by atoms with van der Waals surface area (Å²) >= 11 is 5.97. The van der Waals surface area contributed by atoms with Crippen LogP contribution in [0.4, 0.5) is 5.69 Å². The van der Waals surface area contributed by atoms with Gasteiger partial charge >= 0.3 is 0 Å². The van der Waals surface area contributed by atoms with E-state index in [1.807, 2.05) is 0 Å². The molecule has 4 rings (SSSR count). The molecule has 0 saturated carbocycles. The lowest BCUT2D eigenvalue weighted by Crippen LogP contribution is -2.51. The molecule has 0 aliphatic rings. The molecule has 4 aromatic rings. The number of aromatic amines is 1. The third kappa shape index (κ3) is 5.87. The Morgan fingerprint density at radius 3 is 2.56 bits per heavy atom. The van der Waals surface area contributed by atoms with Gasteiger partial charge in [-0.3, -0.25) is 19.0 Å². The maximum Gasteiger partial charge on any atom is 0.278 e. The lowest BCUT2D eigenvalue weighted by atomic mass is 10.2. The highest BCUT2D eigenvalue weighted by molar-refractivity contribution is 6.30. The van der Waals surface area contributed by atoms with Gasteiger partial charge in [-0.05, 0) is 47.1 Å². The van der Waals surface area contributed by atoms with Crippen LogP contribution >= 0.6 is 11.6 Å². The number of hydrazine groups is 2. The standard InChI is InChI=1S/C23H20ClN7O5/c1-14(32)31(25)28-21(33)19-12-26-23(30(22(19)34)13-15-2-4-16(24)5-3-15)27-17-6-8-18(9-7-17)36-20-10-11-35-29-20/h2-12H,13,25H2,1H3,(H,26,27)(H,28,33). The number of halogens is 1. The van der Waals surface area contributed by atoms with Gasteiger partial charge in [-0.1, -0.05) is 23.7 Å². The first kappa shape index (κ1) is 24.4. The molecule has 0 aliphatic carbocycles. The minimum Gasteiger partial charge on any atom is -0.436 e. The predicted molar refractivity (Wildman–Crippen MR) is 128 cm³/mol. The first-order valence-electron chi connectivity index (χ1n) is 10.5. The Balaban J connectivity index is 1.71. The molecule has 4 N–H and O–H groups in total. The van der Waals surface area contributed by atoms with Gasteiger partial charge in [-0.25, -0.2) is 16.3 Å². The maximum atomic E-state index is 13.3. The molecule has 2 heterocycles. The van der Waals surface area contributed by atoms with Crippen LogP contribution in [0.5, 0.6) is 11.6 Å². The van der Waals surface area contributed by atoms with Crippen molar-refractivity contribution in [2.45, 2.75) is 13.5 Å². The van der Waals surface area contributed by atoms with Gasteiger partial charge in [0.1, 0.15) is 17.6 Å². The molecular formula is C23H20ClN7O5. The highest BCUT2D eigenvalue weighted by Gasteiger charge is 2.17. The van der Waals surface area contributed by atoms with Crippen molar-refractivity contribution in [3.63, 3.8) is 0 Å². The molecule has 0 aliphatic heterocycles. The number of hydrogen-bond donors (Lipinski definition) is 3. The van der Waals surface area contributed by atoms with Crippen molar-refractivity contribution in [3.8, 4) is 11.6 Å². The van der Waals surface area contributed by atoms with E-state index >= 15 is 0 Å². The largest absolute Gasteiger partial charge is 0.436 e. The third-order valence-corrected chi connectivity index (χ3v) is 5.10. The normalized spacial score (nSPS) is 11.2. The Labute approximate surface area is 208 Å². The predicted octanol–water partition coefficient (Wildman–Crippen LogP) is 2.26. The van der Waals surface area contributed by atoms with E-state index in [9.17, 15) is 14.4 Å². The van der Waals surface area contributed by atoms with Gasteiger partial charge in [0.2, 0.25) is 5.62 Å². The number of benzene rings is 2. The van der Waals surface area contributed by atoms with Crippen LogP contribution in [0, 0.1) is 0 Å². The van der Waals surface area contributed by atoms with Gasteiger partial charge in [0.25, 0.3) is 23.3 Å². The number of ether oxygens (including phenoxy) is 1. The fraction of sp³-hybridized carbons (Fsp3) is 0.0870. The topological polar surface area (TPSA) is 161 Å². The molecule has 2 aromatic carbocycles. The molecule has 36 heavy (non-hydrogen) atoms. The molecule has 0 radical (unpaired) electrons. The van der Waals surface area contributed by atoms with Crippen LogP contribution in [0.25, 0.3) is 0 Å². The zero-order valence-corrected chi connectivity index (χ0v) is 19.6. The summed E-state index contributed by atoms with van der Waals surface area (Å²) in [7, 11) is 0. The first-order valence-corrected chi connectivity index (χ1v) is 10.8. The van der Waals surface area contributed by atoms with Crippen molar-refractivity contribution in [1.82, 2.24) is 25.3 Å². The maximum absolute atomic E-state index is 13.3. The first-order chi connectivity index (χ1) is 17.3. The molecule has 0 saturated heterocycles. The number of rotatable bonds is 6. The van der Waals surface area contributed by atoms with E-state index in [1.165, 1.54) is 17.0 Å². The molecule has 2 amide bonds. The summed E-state index contributed by atoms with van der Waals surface area (Å²) in [4.78, 5) is 44.6. The molecule has 13 heteroatoms. The number of carbonyl (C=O) groups excluding carboxylic acids is 2. The minimum absolute atomic E-state index is 0.0822. The minimum atomic E-state index is -0.861. The van der Waals surface area contributed by atoms with Gasteiger partial charge in [0, 0.05) is 24.2 Å². The van der Waals surface area contributed by atoms with Crippen LogP contribution in [0.1, 0.15) is 22.8 Å². The Bertz CT molecular complexity index is 1490. The fourth-order valence-corrected chi connectivity index (χ4v) is 3.15. The molecular weight excluding hydrogens is 490 g/mol. The van der Waals surface area contributed by atoms with Gasteiger partial charge in [-0.15, -0.1) is 0 Å². The van der Waals surface area contributed by atoms with E-state index in [4.69, 9.17) is 26.7 Å². The lowest BCUT2D eigenvalue weighted by Gasteiger charge is -2.15. The van der Waals surface area contributed by atoms with Gasteiger partial charge in [-0.2, -0.15) is 5.12 Å². The van der Waals surface area contributed by atoms with E-state index in [-0.39, 0.29) is 17.7 Å². The Morgan fingerprint density at radius 2 is 1.92 bits per heavy atom. The monoisotopic (exact) mass is 509 g/mol. The van der Waals surface area contributed by atoms with Crippen LogP contribution in [-0.2, 0) is 11.3 Å². The second-order valence-electron chi connectivity index (χ2n) is 7.42. The summed E-state index contributed by atoms with van der Waals surface area (Å²) in [6, 6.07) is 15.2. The van der Waals surface area contributed by atoms with Crippen molar-refractivity contribution in [2.75, 3.05) is 0 Å². The van der Waals surface area contributed by atoms with E-state index < -0.39 is 17.4 Å². The Kier molecular flexibility index (Phi) is 7.28. The summed E-state index contributed by atoms with van der Waals surface area (Å²) in [5.74, 6) is 4.79. The molecule has 0 atom stereocenters. The van der Waals surface area contributed by atoms with Crippen molar-refractivity contribution in [2.24, 2.45) is 10.8 Å². The molecule has 0 unspecified atom stereocenters. The molecule has 184 valence electrons. The van der Waals surface area contributed by atoms with E-state index in [1.54, 1.807) is 54.6 Å². The number of nitrogens with zero attached hydrogens (tertiary/aromatic N) is 4. The average molecular weight is 510 g/mol. The number of hydrogen-bond acceptors (Lipinski definition) is 8. The van der Waals surface area contributed by atoms with Crippen LogP contribution in [0.15, 0.2) is 81.4 Å². The number of carbonyl (C=O) groups is 2. The average Bonchev–Trinajstić information content (AvgIpc) is 3.36. The Morgan fingerprint density at radius 1 is 1.19 bits per heavy atom. The van der Waals surface area contributed by atoms with Gasteiger partial charge in [0.05, 0.1) is 12.2 Å². The van der Waals surface area contributed by atoms with Crippen LogP contribution in [0.2, 0.25) is 5.02 Å². The number of H-pyrrole nitrogens is 1. The zero-order valence-electron chi connectivity index (χ0n) is 18.8. The zero-order chi connectivity index (χ0) is 25.7. The van der Waals surface area contributed by atoms with E-state index in [0.717, 1.165) is 12.5 Å². The lowest BCUT2D eigenvalue weighted by molar-refractivity contribution is -0.131. The Hall–Kier alpha value is -4.68. The van der Waals surface area contributed by atoms with Crippen molar-refractivity contribution in [3.05, 3.63) is 99.2 Å². The summed E-state index contributed by atoms with van der Waals surface area (Å²) in [5.41, 5.74) is 2.64. The molecule has 0 fully saturated rings. The smallest absolute Gasteiger partial charge is 0.278 e. The van der Waals surface area contributed by atoms with Crippen LogP contribution in [0.3, 0.4) is 0 Å². The van der Waals surface area contributed by atoms with Gasteiger partial charge < -0.3 is 14.2 Å². The van der Waals surface area contributed by atoms with E-state index in [2.05, 4.69) is 20.6 Å². The van der Waals surface area contributed by atoms with Crippen molar-refractivity contribution < 1.29 is 18.8 Å². The van der Waals surface area contributed by atoms with Crippen molar-refractivity contribution in [1.29, 1.82) is 0 Å². The highest BCUT2D eigenvalue weighted by Crippen LogP contribution is 2.22. The summed E-state index contributed by atoms with van der Waals surface area (Å²) < 4.78 is 11.6. The molecule has 0 bridgehead atoms. The van der Waals surface area contributed by atoms with Crippen LogP contribution in [-0.4, -0.2) is 31.6 Å². The summed E-state index contributed by atoms with van der Waals surface area (Å²) in [6.07, 6.45) is 2.59. The fourth-order valence-electron chi connectivity index (χ4n) is 3.03. The quantitative estimate of drug-likeness (QED) is 0.204. The molecule has 2 aromatic heterocycles. The highest BCUT2D eigenvalue weighted by atomic mass is 35.5. The number of nitrogens with two attached hydrogens (primary N) is 1. The second kappa shape index (κ2) is 10.7. The van der Waals surface area contributed by atoms with Gasteiger partial charge in [0.15, 0.2) is 0 Å². The second-order valence-corrected chi connectivity index (χ2v) is 7.86. The third-order valence-electron chi connectivity index (χ3n) is 4.84. The number of amides is 2. The van der Waals surface area contributed by atoms with Crippen molar-refractivity contribution >= 4 is 29.1 Å². The summed E-state index contributed by atoms with van der Waals surface area (Å²) in [6.45, 7) is 1.24. The summed E-state index contributed by atoms with van der Waals surface area (Å²) in [5, 5.41) is 4.71. The number of aromatic nitrogens is 3. The van der Waals surface area contributed by atoms with E-state index in [0.29, 0.717) is 27.5 Å². The van der Waals surface area contributed by atoms with Crippen LogP contribution < -0.4 is 27.2 Å².